The van der Waals surface area contributed by atoms with Crippen molar-refractivity contribution in [1.82, 2.24) is 4.90 Å². The second-order valence-electron chi connectivity index (χ2n) is 9.71. The number of carbonyl (C=O) groups excluding carboxylic acids is 2. The van der Waals surface area contributed by atoms with E-state index in [2.05, 4.69) is 11.8 Å². The maximum absolute atomic E-state index is 13.4. The average Bonchev–Trinajstić information content (AvgIpc) is 2.97. The Morgan fingerprint density at radius 3 is 2.50 bits per heavy atom. The number of carbonyl (C=O) groups is 2. The molecular weight excluding hydrogens is 546 g/mol. The largest absolute Gasteiger partial charge is 0.493 e. The number of piperazine rings is 1. The summed E-state index contributed by atoms with van der Waals surface area (Å²) in [6.45, 7) is 7.22. The highest BCUT2D eigenvalue weighted by atomic mass is 35.5. The zero-order valence-corrected chi connectivity index (χ0v) is 24.6. The van der Waals surface area contributed by atoms with Gasteiger partial charge < -0.3 is 24.2 Å². The van der Waals surface area contributed by atoms with Crippen LogP contribution in [0.3, 0.4) is 0 Å². The van der Waals surface area contributed by atoms with Crippen molar-refractivity contribution in [3.8, 4) is 11.5 Å². The first-order valence-corrected chi connectivity index (χ1v) is 14.4. The zero-order valence-electron chi connectivity index (χ0n) is 23.1. The van der Waals surface area contributed by atoms with Crippen molar-refractivity contribution in [3.05, 3.63) is 81.2 Å². The molecule has 0 bridgehead atoms. The maximum Gasteiger partial charge on any atom is 0.264 e. The molecule has 0 spiro atoms. The van der Waals surface area contributed by atoms with E-state index in [9.17, 15) is 9.59 Å². The lowest BCUT2D eigenvalue weighted by atomic mass is 10.1. The molecule has 0 saturated carbocycles. The fraction of sp³-hybridized carbons (Fsp3) is 0.290. The number of halogens is 1. The molecule has 3 aromatic carbocycles. The Morgan fingerprint density at radius 2 is 1.77 bits per heavy atom. The quantitative estimate of drug-likeness (QED) is 0.329. The number of thioether (sulfide) groups is 1. The highest BCUT2D eigenvalue weighted by Gasteiger charge is 2.29. The van der Waals surface area contributed by atoms with E-state index in [1.54, 1.807) is 19.1 Å². The van der Waals surface area contributed by atoms with Crippen LogP contribution < -0.4 is 19.3 Å². The lowest BCUT2D eigenvalue weighted by Gasteiger charge is -2.37. The summed E-state index contributed by atoms with van der Waals surface area (Å²) in [5, 5.41) is 0.710. The van der Waals surface area contributed by atoms with Gasteiger partial charge in [-0.25, -0.2) is 0 Å². The van der Waals surface area contributed by atoms with Crippen molar-refractivity contribution in [2.75, 3.05) is 56.7 Å². The Labute approximate surface area is 244 Å². The number of fused-ring (bicyclic) bond motifs is 1. The van der Waals surface area contributed by atoms with E-state index in [0.29, 0.717) is 46.7 Å². The summed E-state index contributed by atoms with van der Waals surface area (Å²) in [4.78, 5) is 34.0. The average molecular weight is 578 g/mol. The van der Waals surface area contributed by atoms with Gasteiger partial charge in [0.2, 0.25) is 0 Å². The first kappa shape index (κ1) is 27.9. The molecule has 0 aromatic heterocycles. The van der Waals surface area contributed by atoms with Crippen molar-refractivity contribution < 1.29 is 19.1 Å². The monoisotopic (exact) mass is 577 g/mol. The molecule has 2 aliphatic rings. The van der Waals surface area contributed by atoms with Crippen LogP contribution in [0.15, 0.2) is 64.4 Å². The molecule has 208 valence electrons. The third-order valence-corrected chi connectivity index (χ3v) is 8.48. The number of anilines is 2. The highest BCUT2D eigenvalue weighted by molar-refractivity contribution is 8.04. The van der Waals surface area contributed by atoms with Gasteiger partial charge in [0.1, 0.15) is 0 Å². The normalized spacial score (nSPS) is 16.3. The Kier molecular flexibility index (Phi) is 8.28. The van der Waals surface area contributed by atoms with Gasteiger partial charge in [-0.3, -0.25) is 9.59 Å². The van der Waals surface area contributed by atoms with Crippen LogP contribution in [0.25, 0.3) is 6.08 Å². The Balaban J connectivity index is 1.31. The summed E-state index contributed by atoms with van der Waals surface area (Å²) >= 11 is 7.62. The number of aryl methyl sites for hydroxylation is 1. The lowest BCUT2D eigenvalue weighted by Crippen LogP contribution is -2.49. The minimum Gasteiger partial charge on any atom is -0.493 e. The molecular formula is C31H32ClN3O4S. The van der Waals surface area contributed by atoms with Crippen LogP contribution in [0.5, 0.6) is 11.5 Å². The van der Waals surface area contributed by atoms with Crippen molar-refractivity contribution >= 4 is 52.6 Å². The summed E-state index contributed by atoms with van der Waals surface area (Å²) in [7, 11) is 3.34. The summed E-state index contributed by atoms with van der Waals surface area (Å²) in [5.74, 6) is 1.12. The molecule has 2 amide bonds. The standard InChI is InChI=1S/C31H32ClN3O4S/c1-5-39-26-10-7-21(16-27(26)38-4)17-29-31(37)33(3)25-18-22(8-11-28(25)40-29)30(36)35-14-12-34(13-15-35)24-19-23(32)9-6-20(24)2/h6-11,16-19H,5,12-15H2,1-4H3/b29-17+. The predicted molar refractivity (Wildman–Crippen MR) is 162 cm³/mol. The van der Waals surface area contributed by atoms with E-state index in [4.69, 9.17) is 21.1 Å². The number of amides is 2. The zero-order chi connectivity index (χ0) is 28.4. The molecule has 0 radical (unpaired) electrons. The number of hydrogen-bond acceptors (Lipinski definition) is 6. The number of benzene rings is 3. The second kappa shape index (κ2) is 11.9. The number of rotatable bonds is 6. The van der Waals surface area contributed by atoms with Crippen molar-refractivity contribution in [2.24, 2.45) is 0 Å². The summed E-state index contributed by atoms with van der Waals surface area (Å²) < 4.78 is 11.1. The van der Waals surface area contributed by atoms with Crippen LogP contribution in [-0.4, -0.2) is 63.7 Å². The molecule has 7 nitrogen and oxygen atoms in total. The van der Waals surface area contributed by atoms with E-state index < -0.39 is 0 Å². The minimum absolute atomic E-state index is 0.0288. The molecule has 40 heavy (non-hydrogen) atoms. The first-order chi connectivity index (χ1) is 19.3. The number of methoxy groups -OCH3 is 1. The Morgan fingerprint density at radius 1 is 1.00 bits per heavy atom. The summed E-state index contributed by atoms with van der Waals surface area (Å²) in [6.07, 6.45) is 1.85. The number of hydrogen-bond donors (Lipinski definition) is 0. The molecule has 9 heteroatoms. The van der Waals surface area contributed by atoms with Crippen LogP contribution in [0.2, 0.25) is 5.02 Å². The van der Waals surface area contributed by atoms with Gasteiger partial charge in [-0.15, -0.1) is 0 Å². The third-order valence-electron chi connectivity index (χ3n) is 7.17. The fourth-order valence-corrected chi connectivity index (χ4v) is 6.24. The number of likely N-dealkylation sites (N-methyl/N-ethyl adjacent to an activating group) is 1. The molecule has 2 aliphatic heterocycles. The van der Waals surface area contributed by atoms with E-state index >= 15 is 0 Å². The van der Waals surface area contributed by atoms with Gasteiger partial charge in [0.25, 0.3) is 11.8 Å². The van der Waals surface area contributed by atoms with Gasteiger partial charge in [0.05, 0.1) is 24.3 Å². The van der Waals surface area contributed by atoms with Crippen molar-refractivity contribution in [2.45, 2.75) is 18.7 Å². The van der Waals surface area contributed by atoms with Crippen LogP contribution >= 0.6 is 23.4 Å². The number of nitrogens with zero attached hydrogens (tertiary/aromatic N) is 3. The van der Waals surface area contributed by atoms with Gasteiger partial charge in [-0.2, -0.15) is 0 Å². The molecule has 0 unspecified atom stereocenters. The Bertz CT molecular complexity index is 1480. The van der Waals surface area contributed by atoms with Gasteiger partial charge in [0.15, 0.2) is 11.5 Å². The lowest BCUT2D eigenvalue weighted by molar-refractivity contribution is -0.114. The third kappa shape index (κ3) is 5.64. The van der Waals surface area contributed by atoms with Crippen molar-refractivity contribution in [1.29, 1.82) is 0 Å². The van der Waals surface area contributed by atoms with Crippen LogP contribution in [0.1, 0.15) is 28.4 Å². The van der Waals surface area contributed by atoms with E-state index in [-0.39, 0.29) is 11.8 Å². The van der Waals surface area contributed by atoms with E-state index in [0.717, 1.165) is 34.9 Å². The molecule has 1 fully saturated rings. The SMILES string of the molecule is CCOc1ccc(/C=C2/Sc3ccc(C(=O)N4CCN(c5cc(Cl)ccc5C)CC4)cc3N(C)C2=O)cc1OC. The minimum atomic E-state index is -0.125. The Hall–Kier alpha value is -3.62. The molecule has 0 aliphatic carbocycles. The van der Waals surface area contributed by atoms with Crippen molar-refractivity contribution in [3.63, 3.8) is 0 Å². The van der Waals surface area contributed by atoms with Gasteiger partial charge in [-0.1, -0.05) is 35.5 Å². The van der Waals surface area contributed by atoms with Gasteiger partial charge in [0, 0.05) is 54.4 Å². The molecule has 1 saturated heterocycles. The molecule has 5 rings (SSSR count). The topological polar surface area (TPSA) is 62.3 Å². The summed E-state index contributed by atoms with van der Waals surface area (Å²) in [6, 6.07) is 17.1. The van der Waals surface area contributed by atoms with E-state index in [1.165, 1.54) is 17.3 Å². The van der Waals surface area contributed by atoms with E-state index in [1.807, 2.05) is 72.5 Å². The molecule has 0 atom stereocenters. The van der Waals surface area contributed by atoms with Crippen LogP contribution in [-0.2, 0) is 4.79 Å². The molecule has 0 N–H and O–H groups in total. The summed E-state index contributed by atoms with van der Waals surface area (Å²) in [5.41, 5.74) is 4.43. The first-order valence-electron chi connectivity index (χ1n) is 13.2. The molecule has 2 heterocycles. The van der Waals surface area contributed by atoms with Crippen LogP contribution in [0.4, 0.5) is 11.4 Å². The smallest absolute Gasteiger partial charge is 0.264 e. The highest BCUT2D eigenvalue weighted by Crippen LogP contribution is 2.42. The number of ether oxygens (including phenoxy) is 2. The molecule has 3 aromatic rings. The fourth-order valence-electron chi connectivity index (χ4n) is 4.98. The van der Waals surface area contributed by atoms with Gasteiger partial charge in [-0.05, 0) is 73.5 Å². The maximum atomic E-state index is 13.4. The van der Waals surface area contributed by atoms with Crippen LogP contribution in [0, 0.1) is 6.92 Å². The van der Waals surface area contributed by atoms with Gasteiger partial charge >= 0.3 is 0 Å². The predicted octanol–water partition coefficient (Wildman–Crippen LogP) is 6.13. The second-order valence-corrected chi connectivity index (χ2v) is 11.2.